The van der Waals surface area contributed by atoms with E-state index in [1.807, 2.05) is 42.5 Å². The number of ether oxygens (including phenoxy) is 1. The van der Waals surface area contributed by atoms with Gasteiger partial charge in [0.05, 0.1) is 0 Å². The second-order valence-corrected chi connectivity index (χ2v) is 3.92. The first-order valence-corrected chi connectivity index (χ1v) is 6.09. The van der Waals surface area contributed by atoms with Gasteiger partial charge in [-0.3, -0.25) is 0 Å². The molecule has 98 valence electrons. The van der Waals surface area contributed by atoms with Crippen LogP contribution >= 0.6 is 11.6 Å². The number of nitrogens with zero attached hydrogens (tertiary/aromatic N) is 3. The van der Waals surface area contributed by atoms with Crippen molar-refractivity contribution in [3.63, 3.8) is 0 Å². The van der Waals surface area contributed by atoms with Gasteiger partial charge >= 0.3 is 6.01 Å². The molecular weight excluding hydrogens is 264 g/mol. The fraction of sp³-hybridized carbons (Fsp3) is 0.154. The molecule has 0 spiro atoms. The topological polar surface area (TPSA) is 59.9 Å². The van der Waals surface area contributed by atoms with E-state index in [9.17, 15) is 0 Å². The minimum Gasteiger partial charge on any atom is -0.459 e. The number of rotatable bonds is 5. The summed E-state index contributed by atoms with van der Waals surface area (Å²) in [5, 5.41) is 2.88. The van der Waals surface area contributed by atoms with Crippen molar-refractivity contribution in [2.75, 3.05) is 19.0 Å². The highest BCUT2D eigenvalue weighted by Gasteiger charge is 2.03. The van der Waals surface area contributed by atoms with Crippen LogP contribution in [0.2, 0.25) is 5.28 Å². The molecule has 1 N–H and O–H groups in total. The molecule has 1 aromatic heterocycles. The fourth-order valence-corrected chi connectivity index (χ4v) is 1.53. The average molecular weight is 277 g/mol. The van der Waals surface area contributed by atoms with Crippen molar-refractivity contribution in [1.29, 1.82) is 0 Å². The van der Waals surface area contributed by atoms with Crippen LogP contribution < -0.4 is 10.1 Å². The summed E-state index contributed by atoms with van der Waals surface area (Å²) in [5.74, 6) is 0.377. The molecule has 0 aliphatic heterocycles. The predicted molar refractivity (Wildman–Crippen MR) is 75.4 cm³/mol. The molecule has 2 rings (SSSR count). The van der Waals surface area contributed by atoms with E-state index >= 15 is 0 Å². The summed E-state index contributed by atoms with van der Waals surface area (Å²) in [6.45, 7) is 0.360. The van der Waals surface area contributed by atoms with Crippen molar-refractivity contribution >= 4 is 23.6 Å². The van der Waals surface area contributed by atoms with Crippen molar-refractivity contribution in [2.45, 2.75) is 0 Å². The van der Waals surface area contributed by atoms with E-state index in [4.69, 9.17) is 16.3 Å². The Morgan fingerprint density at radius 3 is 2.74 bits per heavy atom. The van der Waals surface area contributed by atoms with E-state index < -0.39 is 0 Å². The summed E-state index contributed by atoms with van der Waals surface area (Å²) in [5.41, 5.74) is 1.11. The van der Waals surface area contributed by atoms with Gasteiger partial charge in [0.25, 0.3) is 0 Å². The molecule has 19 heavy (non-hydrogen) atoms. The van der Waals surface area contributed by atoms with Gasteiger partial charge in [-0.25, -0.2) is 0 Å². The lowest BCUT2D eigenvalue weighted by atomic mass is 10.2. The lowest BCUT2D eigenvalue weighted by Crippen LogP contribution is -2.04. The summed E-state index contributed by atoms with van der Waals surface area (Å²) in [6.07, 6.45) is 3.84. The maximum absolute atomic E-state index is 5.74. The molecule has 0 saturated carbocycles. The second-order valence-electron chi connectivity index (χ2n) is 3.58. The quantitative estimate of drug-likeness (QED) is 0.910. The van der Waals surface area contributed by atoms with Crippen molar-refractivity contribution in [3.05, 3.63) is 47.3 Å². The van der Waals surface area contributed by atoms with Gasteiger partial charge in [-0.05, 0) is 23.2 Å². The number of anilines is 1. The van der Waals surface area contributed by atoms with Crippen molar-refractivity contribution in [1.82, 2.24) is 15.0 Å². The maximum Gasteiger partial charge on any atom is 0.322 e. The van der Waals surface area contributed by atoms with Crippen LogP contribution in [-0.4, -0.2) is 28.6 Å². The molecule has 0 bridgehead atoms. The molecule has 0 amide bonds. The van der Waals surface area contributed by atoms with Gasteiger partial charge in [0.1, 0.15) is 6.61 Å². The smallest absolute Gasteiger partial charge is 0.322 e. The number of benzene rings is 1. The number of nitrogens with one attached hydrogen (secondary N) is 1. The molecular formula is C13H13ClN4O. The zero-order valence-corrected chi connectivity index (χ0v) is 11.1. The Labute approximate surface area is 116 Å². The minimum absolute atomic E-state index is 0.0985. The summed E-state index contributed by atoms with van der Waals surface area (Å²) in [7, 11) is 1.70. The third-order valence-corrected chi connectivity index (χ3v) is 2.40. The van der Waals surface area contributed by atoms with Gasteiger partial charge in [0, 0.05) is 7.05 Å². The molecule has 0 fully saturated rings. The highest BCUT2D eigenvalue weighted by atomic mass is 35.5. The first-order valence-electron chi connectivity index (χ1n) is 5.71. The lowest BCUT2D eigenvalue weighted by molar-refractivity contribution is 0.333. The van der Waals surface area contributed by atoms with Gasteiger partial charge in [0.2, 0.25) is 11.2 Å². The third-order valence-electron chi connectivity index (χ3n) is 2.23. The maximum atomic E-state index is 5.74. The number of aromatic nitrogens is 3. The second kappa shape index (κ2) is 6.70. The van der Waals surface area contributed by atoms with E-state index in [2.05, 4.69) is 20.3 Å². The van der Waals surface area contributed by atoms with E-state index in [0.717, 1.165) is 5.56 Å². The molecule has 0 radical (unpaired) electrons. The van der Waals surface area contributed by atoms with Gasteiger partial charge in [-0.1, -0.05) is 36.4 Å². The molecule has 2 aromatic rings. The summed E-state index contributed by atoms with van der Waals surface area (Å²) >= 11 is 5.74. The molecule has 0 atom stereocenters. The zero-order chi connectivity index (χ0) is 13.5. The molecule has 5 nitrogen and oxygen atoms in total. The molecule has 0 aliphatic carbocycles. The molecule has 1 aromatic carbocycles. The Hall–Kier alpha value is -2.14. The minimum atomic E-state index is 0.0985. The zero-order valence-electron chi connectivity index (χ0n) is 10.4. The van der Waals surface area contributed by atoms with Gasteiger partial charge in [0.15, 0.2) is 0 Å². The summed E-state index contributed by atoms with van der Waals surface area (Å²) < 4.78 is 5.38. The predicted octanol–water partition coefficient (Wildman–Crippen LogP) is 2.66. The number of halogens is 1. The Morgan fingerprint density at radius 1 is 1.21 bits per heavy atom. The van der Waals surface area contributed by atoms with Crippen molar-refractivity contribution in [2.24, 2.45) is 0 Å². The fourth-order valence-electron chi connectivity index (χ4n) is 1.38. The SMILES string of the molecule is CNc1nc(Cl)nc(OC/C=C/c2ccccc2)n1. The lowest BCUT2D eigenvalue weighted by Gasteiger charge is -2.03. The van der Waals surface area contributed by atoms with Crippen LogP contribution in [-0.2, 0) is 0 Å². The standard InChI is InChI=1S/C13H13ClN4O/c1-15-12-16-11(14)17-13(18-12)19-9-5-8-10-6-3-2-4-7-10/h2-8H,9H2,1H3,(H,15,16,17,18)/b8-5+. The molecule has 1 heterocycles. The van der Waals surface area contributed by atoms with Crippen LogP contribution in [0.15, 0.2) is 36.4 Å². The van der Waals surface area contributed by atoms with E-state index in [-0.39, 0.29) is 11.3 Å². The Balaban J connectivity index is 1.92. The van der Waals surface area contributed by atoms with Crippen LogP contribution in [0.3, 0.4) is 0 Å². The number of hydrogen-bond acceptors (Lipinski definition) is 5. The van der Waals surface area contributed by atoms with Crippen molar-refractivity contribution < 1.29 is 4.74 Å². The van der Waals surface area contributed by atoms with Crippen LogP contribution in [0.5, 0.6) is 6.01 Å². The molecule has 0 unspecified atom stereocenters. The Bertz CT molecular complexity index is 560. The summed E-state index contributed by atoms with van der Waals surface area (Å²) in [4.78, 5) is 11.8. The van der Waals surface area contributed by atoms with Crippen molar-refractivity contribution in [3.8, 4) is 6.01 Å². The highest BCUT2D eigenvalue weighted by Crippen LogP contribution is 2.10. The van der Waals surface area contributed by atoms with E-state index in [0.29, 0.717) is 12.6 Å². The summed E-state index contributed by atoms with van der Waals surface area (Å²) in [6, 6.07) is 10.1. The van der Waals surface area contributed by atoms with Crippen LogP contribution in [0.1, 0.15) is 5.56 Å². The van der Waals surface area contributed by atoms with Crippen LogP contribution in [0, 0.1) is 0 Å². The molecule has 0 aliphatic rings. The third kappa shape index (κ3) is 4.22. The Morgan fingerprint density at radius 2 is 2.00 bits per heavy atom. The highest BCUT2D eigenvalue weighted by molar-refractivity contribution is 6.28. The van der Waals surface area contributed by atoms with Crippen LogP contribution in [0.25, 0.3) is 6.08 Å². The molecule has 6 heteroatoms. The van der Waals surface area contributed by atoms with E-state index in [1.165, 1.54) is 0 Å². The number of hydrogen-bond donors (Lipinski definition) is 1. The molecule has 0 saturated heterocycles. The van der Waals surface area contributed by atoms with Gasteiger partial charge in [-0.15, -0.1) is 0 Å². The Kier molecular flexibility index (Phi) is 4.69. The van der Waals surface area contributed by atoms with Gasteiger partial charge in [-0.2, -0.15) is 15.0 Å². The van der Waals surface area contributed by atoms with Gasteiger partial charge < -0.3 is 10.1 Å². The largest absolute Gasteiger partial charge is 0.459 e. The monoisotopic (exact) mass is 276 g/mol. The van der Waals surface area contributed by atoms with E-state index in [1.54, 1.807) is 7.05 Å². The average Bonchev–Trinajstić information content (AvgIpc) is 2.44. The first-order chi connectivity index (χ1) is 9.28. The first kappa shape index (κ1) is 13.3. The van der Waals surface area contributed by atoms with Crippen LogP contribution in [0.4, 0.5) is 5.95 Å². The normalized spacial score (nSPS) is 10.6.